The van der Waals surface area contributed by atoms with Gasteiger partial charge in [-0.25, -0.2) is 9.78 Å². The van der Waals surface area contributed by atoms with Crippen molar-refractivity contribution in [2.45, 2.75) is 31.8 Å². The van der Waals surface area contributed by atoms with Crippen LogP contribution in [0.1, 0.15) is 30.1 Å². The first kappa shape index (κ1) is 12.8. The number of esters is 1. The molecule has 0 amide bonds. The van der Waals surface area contributed by atoms with Gasteiger partial charge in [-0.2, -0.15) is 0 Å². The molecule has 1 aromatic rings. The standard InChI is InChI=1S/C13H19N3O2/c1-9-11(6-4-7-14-9)16-12-10(13(17)18-2)5-3-8-15-12/h3,5,8-9,11,14H,4,6-7H2,1-2H3,(H,15,16). The molecule has 2 unspecified atom stereocenters. The summed E-state index contributed by atoms with van der Waals surface area (Å²) in [5, 5.41) is 6.75. The topological polar surface area (TPSA) is 63.2 Å². The molecule has 1 aliphatic rings. The van der Waals surface area contributed by atoms with E-state index in [4.69, 9.17) is 4.74 Å². The average molecular weight is 249 g/mol. The van der Waals surface area contributed by atoms with Gasteiger partial charge in [0.15, 0.2) is 0 Å². The molecule has 1 fully saturated rings. The molecule has 0 aromatic carbocycles. The molecular weight excluding hydrogens is 230 g/mol. The lowest BCUT2D eigenvalue weighted by molar-refractivity contribution is 0.0601. The molecule has 0 spiro atoms. The second-order valence-electron chi connectivity index (χ2n) is 4.53. The fourth-order valence-corrected chi connectivity index (χ4v) is 2.21. The average Bonchev–Trinajstić information content (AvgIpc) is 2.41. The molecule has 1 saturated heterocycles. The van der Waals surface area contributed by atoms with Gasteiger partial charge in [-0.15, -0.1) is 0 Å². The molecule has 18 heavy (non-hydrogen) atoms. The summed E-state index contributed by atoms with van der Waals surface area (Å²) in [4.78, 5) is 15.9. The zero-order valence-corrected chi connectivity index (χ0v) is 10.8. The minimum absolute atomic E-state index is 0.289. The van der Waals surface area contributed by atoms with Crippen molar-refractivity contribution < 1.29 is 9.53 Å². The van der Waals surface area contributed by atoms with Crippen molar-refractivity contribution in [3.8, 4) is 0 Å². The zero-order valence-electron chi connectivity index (χ0n) is 10.8. The summed E-state index contributed by atoms with van der Waals surface area (Å²) in [6, 6.07) is 4.12. The Kier molecular flexibility index (Phi) is 4.15. The van der Waals surface area contributed by atoms with E-state index in [2.05, 4.69) is 22.5 Å². The summed E-state index contributed by atoms with van der Waals surface area (Å²) >= 11 is 0. The Bertz CT molecular complexity index is 422. The van der Waals surface area contributed by atoms with Gasteiger partial charge in [0.25, 0.3) is 0 Å². The van der Waals surface area contributed by atoms with E-state index in [0.717, 1.165) is 19.4 Å². The third kappa shape index (κ3) is 2.79. The Labute approximate surface area is 107 Å². The predicted octanol–water partition coefficient (Wildman–Crippen LogP) is 1.42. The molecular formula is C13H19N3O2. The van der Waals surface area contributed by atoms with Crippen LogP contribution in [-0.2, 0) is 4.74 Å². The fraction of sp³-hybridized carbons (Fsp3) is 0.538. The number of aromatic nitrogens is 1. The van der Waals surface area contributed by atoms with Gasteiger partial charge in [-0.1, -0.05) is 0 Å². The van der Waals surface area contributed by atoms with Gasteiger partial charge in [0.1, 0.15) is 11.4 Å². The lowest BCUT2D eigenvalue weighted by Gasteiger charge is -2.31. The molecule has 2 N–H and O–H groups in total. The maximum Gasteiger partial charge on any atom is 0.341 e. The smallest absolute Gasteiger partial charge is 0.341 e. The molecule has 1 aliphatic heterocycles. The largest absolute Gasteiger partial charge is 0.465 e. The number of hydrogen-bond acceptors (Lipinski definition) is 5. The number of nitrogens with zero attached hydrogens (tertiary/aromatic N) is 1. The lowest BCUT2D eigenvalue weighted by atomic mass is 10.00. The van der Waals surface area contributed by atoms with Crippen molar-refractivity contribution in [3.63, 3.8) is 0 Å². The van der Waals surface area contributed by atoms with E-state index in [0.29, 0.717) is 17.4 Å². The monoisotopic (exact) mass is 249 g/mol. The van der Waals surface area contributed by atoms with Crippen LogP contribution in [0.2, 0.25) is 0 Å². The van der Waals surface area contributed by atoms with Crippen LogP contribution < -0.4 is 10.6 Å². The van der Waals surface area contributed by atoms with E-state index >= 15 is 0 Å². The first-order chi connectivity index (χ1) is 8.72. The van der Waals surface area contributed by atoms with Gasteiger partial charge < -0.3 is 15.4 Å². The maximum absolute atomic E-state index is 11.6. The third-order valence-electron chi connectivity index (χ3n) is 3.30. The van der Waals surface area contributed by atoms with Crippen molar-refractivity contribution in [1.29, 1.82) is 0 Å². The summed E-state index contributed by atoms with van der Waals surface area (Å²) in [6.45, 7) is 3.18. The van der Waals surface area contributed by atoms with E-state index in [1.54, 1.807) is 18.3 Å². The minimum atomic E-state index is -0.359. The molecule has 0 radical (unpaired) electrons. The summed E-state index contributed by atoms with van der Waals surface area (Å²) < 4.78 is 4.76. The zero-order chi connectivity index (χ0) is 13.0. The fourth-order valence-electron chi connectivity index (χ4n) is 2.21. The predicted molar refractivity (Wildman–Crippen MR) is 69.7 cm³/mol. The highest BCUT2D eigenvalue weighted by Gasteiger charge is 2.23. The normalized spacial score (nSPS) is 23.4. The maximum atomic E-state index is 11.6. The van der Waals surface area contributed by atoms with Crippen molar-refractivity contribution >= 4 is 11.8 Å². The quantitative estimate of drug-likeness (QED) is 0.793. The highest BCUT2D eigenvalue weighted by molar-refractivity contribution is 5.94. The first-order valence-electron chi connectivity index (χ1n) is 6.25. The van der Waals surface area contributed by atoms with Crippen LogP contribution in [0.5, 0.6) is 0 Å². The Morgan fingerprint density at radius 1 is 1.61 bits per heavy atom. The van der Waals surface area contributed by atoms with E-state index in [-0.39, 0.29) is 12.0 Å². The van der Waals surface area contributed by atoms with Crippen molar-refractivity contribution in [3.05, 3.63) is 23.9 Å². The Balaban J connectivity index is 2.15. The van der Waals surface area contributed by atoms with Crippen LogP contribution in [0.25, 0.3) is 0 Å². The number of ether oxygens (including phenoxy) is 1. The van der Waals surface area contributed by atoms with Gasteiger partial charge in [-0.05, 0) is 38.4 Å². The Hall–Kier alpha value is -1.62. The van der Waals surface area contributed by atoms with Crippen LogP contribution in [0, 0.1) is 0 Å². The number of methoxy groups -OCH3 is 1. The number of carbonyl (C=O) groups excluding carboxylic acids is 1. The van der Waals surface area contributed by atoms with Crippen LogP contribution in [-0.4, -0.2) is 36.7 Å². The van der Waals surface area contributed by atoms with Gasteiger partial charge >= 0.3 is 5.97 Å². The number of pyridine rings is 1. The molecule has 98 valence electrons. The van der Waals surface area contributed by atoms with Gasteiger partial charge in [0.05, 0.1) is 7.11 Å². The number of anilines is 1. The van der Waals surface area contributed by atoms with Gasteiger partial charge in [0.2, 0.25) is 0 Å². The van der Waals surface area contributed by atoms with Crippen molar-refractivity contribution in [1.82, 2.24) is 10.3 Å². The highest BCUT2D eigenvalue weighted by Crippen LogP contribution is 2.18. The van der Waals surface area contributed by atoms with E-state index in [9.17, 15) is 4.79 Å². The van der Waals surface area contributed by atoms with Gasteiger partial charge in [-0.3, -0.25) is 0 Å². The van der Waals surface area contributed by atoms with E-state index in [1.807, 2.05) is 0 Å². The van der Waals surface area contributed by atoms with Crippen molar-refractivity contribution in [2.24, 2.45) is 0 Å². The number of carbonyl (C=O) groups is 1. The summed E-state index contributed by atoms with van der Waals surface area (Å²) in [6.07, 6.45) is 3.88. The van der Waals surface area contributed by atoms with Crippen LogP contribution >= 0.6 is 0 Å². The second kappa shape index (κ2) is 5.82. The SMILES string of the molecule is COC(=O)c1cccnc1NC1CCCNC1C. The van der Waals surface area contributed by atoms with Crippen LogP contribution in [0.4, 0.5) is 5.82 Å². The molecule has 5 nitrogen and oxygen atoms in total. The first-order valence-corrected chi connectivity index (χ1v) is 6.25. The third-order valence-corrected chi connectivity index (χ3v) is 3.30. The number of nitrogens with one attached hydrogen (secondary N) is 2. The highest BCUT2D eigenvalue weighted by atomic mass is 16.5. The molecule has 0 saturated carbocycles. The summed E-state index contributed by atoms with van der Waals surface area (Å²) in [5.41, 5.74) is 0.484. The Morgan fingerprint density at radius 3 is 3.17 bits per heavy atom. The van der Waals surface area contributed by atoms with Gasteiger partial charge in [0, 0.05) is 18.3 Å². The number of hydrogen-bond donors (Lipinski definition) is 2. The summed E-state index contributed by atoms with van der Waals surface area (Å²) in [5.74, 6) is 0.243. The number of rotatable bonds is 3. The second-order valence-corrected chi connectivity index (χ2v) is 4.53. The molecule has 5 heteroatoms. The molecule has 1 aromatic heterocycles. The van der Waals surface area contributed by atoms with E-state index in [1.165, 1.54) is 7.11 Å². The molecule has 2 rings (SSSR count). The minimum Gasteiger partial charge on any atom is -0.465 e. The summed E-state index contributed by atoms with van der Waals surface area (Å²) in [7, 11) is 1.38. The molecule has 2 heterocycles. The number of piperidine rings is 1. The van der Waals surface area contributed by atoms with Crippen LogP contribution in [0.3, 0.4) is 0 Å². The van der Waals surface area contributed by atoms with Crippen molar-refractivity contribution in [2.75, 3.05) is 19.0 Å². The lowest BCUT2D eigenvalue weighted by Crippen LogP contribution is -2.46. The Morgan fingerprint density at radius 2 is 2.44 bits per heavy atom. The molecule has 0 aliphatic carbocycles. The molecule has 2 atom stereocenters. The van der Waals surface area contributed by atoms with Crippen LogP contribution in [0.15, 0.2) is 18.3 Å². The molecule has 0 bridgehead atoms. The van der Waals surface area contributed by atoms with E-state index < -0.39 is 0 Å².